The summed E-state index contributed by atoms with van der Waals surface area (Å²) in [6.07, 6.45) is 0. The maximum Gasteiger partial charge on any atom is 0.201 e. The lowest BCUT2D eigenvalue weighted by Crippen LogP contribution is -2.10. The average Bonchev–Trinajstić information content (AvgIpc) is 2.74. The summed E-state index contributed by atoms with van der Waals surface area (Å²) in [5, 5.41) is 0.690. The van der Waals surface area contributed by atoms with E-state index in [0.29, 0.717) is 11.0 Å². The van der Waals surface area contributed by atoms with Crippen molar-refractivity contribution in [3.05, 3.63) is 58.6 Å². The van der Waals surface area contributed by atoms with Crippen LogP contribution in [0.3, 0.4) is 0 Å². The predicted molar refractivity (Wildman–Crippen MR) is 84.1 cm³/mol. The summed E-state index contributed by atoms with van der Waals surface area (Å²) < 4.78 is 2.02. The zero-order valence-corrected chi connectivity index (χ0v) is 12.2. The highest BCUT2D eigenvalue weighted by Crippen LogP contribution is 2.29. The van der Waals surface area contributed by atoms with Crippen LogP contribution < -0.4 is 5.73 Å². The van der Waals surface area contributed by atoms with Crippen LogP contribution in [0.15, 0.2) is 42.5 Å². The summed E-state index contributed by atoms with van der Waals surface area (Å²) in [5.41, 5.74) is 10.3. The van der Waals surface area contributed by atoms with Crippen molar-refractivity contribution in [3.8, 4) is 0 Å². The van der Waals surface area contributed by atoms with Crippen LogP contribution in [0.25, 0.3) is 11.0 Å². The molecule has 1 unspecified atom stereocenters. The van der Waals surface area contributed by atoms with Crippen molar-refractivity contribution >= 4 is 28.6 Å². The number of nitrogens with two attached hydrogens (primary N) is 1. The average molecular weight is 286 g/mol. The van der Waals surface area contributed by atoms with E-state index in [1.807, 2.05) is 22.8 Å². The molecule has 2 aromatic carbocycles. The predicted octanol–water partition coefficient (Wildman–Crippen LogP) is 4.19. The van der Waals surface area contributed by atoms with Gasteiger partial charge in [0.05, 0.1) is 17.1 Å². The van der Waals surface area contributed by atoms with Crippen molar-refractivity contribution < 1.29 is 0 Å². The van der Waals surface area contributed by atoms with E-state index in [0.717, 1.165) is 11.0 Å². The summed E-state index contributed by atoms with van der Waals surface area (Å²) in [6, 6.07) is 14.2. The minimum absolute atomic E-state index is 0.110. The summed E-state index contributed by atoms with van der Waals surface area (Å²) in [4.78, 5) is 4.40. The molecule has 0 saturated heterocycles. The Balaban J connectivity index is 2.15. The first kappa shape index (κ1) is 13.0. The van der Waals surface area contributed by atoms with Crippen LogP contribution in [0, 0.1) is 6.92 Å². The Kier molecular flexibility index (Phi) is 3.14. The van der Waals surface area contributed by atoms with E-state index in [4.69, 9.17) is 17.3 Å². The first-order chi connectivity index (χ1) is 9.56. The van der Waals surface area contributed by atoms with Gasteiger partial charge in [0.25, 0.3) is 0 Å². The zero-order valence-electron chi connectivity index (χ0n) is 11.5. The first-order valence-corrected chi connectivity index (χ1v) is 6.93. The molecule has 0 radical (unpaired) electrons. The molecule has 0 spiro atoms. The number of fused-ring (bicyclic) bond motifs is 1. The van der Waals surface area contributed by atoms with E-state index in [-0.39, 0.29) is 6.04 Å². The number of nitrogens with zero attached hydrogens (tertiary/aromatic N) is 2. The third-order valence-electron chi connectivity index (χ3n) is 3.63. The molecule has 3 nitrogen and oxygen atoms in total. The second-order valence-electron chi connectivity index (χ2n) is 5.06. The number of halogens is 1. The van der Waals surface area contributed by atoms with Gasteiger partial charge in [-0.1, -0.05) is 41.4 Å². The topological polar surface area (TPSA) is 43.8 Å². The Hall–Kier alpha value is -2.00. The summed E-state index contributed by atoms with van der Waals surface area (Å²) >= 11 is 6.09. The van der Waals surface area contributed by atoms with E-state index in [1.165, 1.54) is 11.1 Å². The van der Waals surface area contributed by atoms with Gasteiger partial charge < -0.3 is 10.3 Å². The lowest BCUT2D eigenvalue weighted by atomic mass is 10.1. The molecule has 20 heavy (non-hydrogen) atoms. The molecule has 1 heterocycles. The minimum Gasteiger partial charge on any atom is -0.369 e. The van der Waals surface area contributed by atoms with Crippen LogP contribution >= 0.6 is 11.6 Å². The highest BCUT2D eigenvalue weighted by Gasteiger charge is 2.15. The zero-order chi connectivity index (χ0) is 14.3. The van der Waals surface area contributed by atoms with E-state index < -0.39 is 0 Å². The third-order valence-corrected chi connectivity index (χ3v) is 3.86. The highest BCUT2D eigenvalue weighted by atomic mass is 35.5. The Bertz CT molecular complexity index is 759. The molecule has 1 aromatic heterocycles. The molecule has 0 bridgehead atoms. The second-order valence-corrected chi connectivity index (χ2v) is 5.50. The SMILES string of the molecule is Cc1ccc(C(C)n2c(N)nc3ccc(Cl)cc32)cc1. The molecule has 0 fully saturated rings. The largest absolute Gasteiger partial charge is 0.369 e. The van der Waals surface area contributed by atoms with Crippen LogP contribution in [-0.4, -0.2) is 9.55 Å². The molecule has 3 aromatic rings. The Labute approximate surface area is 123 Å². The van der Waals surface area contributed by atoms with Gasteiger partial charge in [-0.25, -0.2) is 4.98 Å². The van der Waals surface area contributed by atoms with Gasteiger partial charge >= 0.3 is 0 Å². The monoisotopic (exact) mass is 285 g/mol. The maximum atomic E-state index is 6.09. The molecular formula is C16H16ClN3. The van der Waals surface area contributed by atoms with Crippen molar-refractivity contribution in [2.45, 2.75) is 19.9 Å². The van der Waals surface area contributed by atoms with Crippen LogP contribution in [0.2, 0.25) is 5.02 Å². The number of benzene rings is 2. The van der Waals surface area contributed by atoms with E-state index in [1.54, 1.807) is 0 Å². The molecule has 102 valence electrons. The van der Waals surface area contributed by atoms with Crippen molar-refractivity contribution in [2.75, 3.05) is 5.73 Å². The summed E-state index contributed by atoms with van der Waals surface area (Å²) in [6.45, 7) is 4.19. The van der Waals surface area contributed by atoms with Crippen LogP contribution in [0.5, 0.6) is 0 Å². The van der Waals surface area contributed by atoms with Gasteiger partial charge in [0, 0.05) is 5.02 Å². The number of hydrogen-bond donors (Lipinski definition) is 1. The van der Waals surface area contributed by atoms with Crippen LogP contribution in [0.1, 0.15) is 24.1 Å². The van der Waals surface area contributed by atoms with Gasteiger partial charge in [-0.3, -0.25) is 0 Å². The standard InChI is InChI=1S/C16H16ClN3/c1-10-3-5-12(6-4-10)11(2)20-15-9-13(17)7-8-14(15)19-16(20)18/h3-9,11H,1-2H3,(H2,18,19). The third kappa shape index (κ3) is 2.14. The first-order valence-electron chi connectivity index (χ1n) is 6.56. The fraction of sp³-hybridized carbons (Fsp3) is 0.188. The summed E-state index contributed by atoms with van der Waals surface area (Å²) in [7, 11) is 0. The molecule has 4 heteroatoms. The van der Waals surface area contributed by atoms with Crippen molar-refractivity contribution in [1.29, 1.82) is 0 Å². The fourth-order valence-corrected chi connectivity index (χ4v) is 2.65. The Morgan fingerprint density at radius 2 is 1.85 bits per heavy atom. The molecule has 0 saturated carbocycles. The summed E-state index contributed by atoms with van der Waals surface area (Å²) in [5.74, 6) is 0.510. The number of rotatable bonds is 2. The fourth-order valence-electron chi connectivity index (χ4n) is 2.49. The van der Waals surface area contributed by atoms with Crippen LogP contribution in [0.4, 0.5) is 5.95 Å². The molecule has 1 atom stereocenters. The van der Waals surface area contributed by atoms with Gasteiger partial charge in [0.1, 0.15) is 0 Å². The lowest BCUT2D eigenvalue weighted by molar-refractivity contribution is 0.667. The van der Waals surface area contributed by atoms with Crippen molar-refractivity contribution in [1.82, 2.24) is 9.55 Å². The molecule has 0 aliphatic carbocycles. The van der Waals surface area contributed by atoms with Gasteiger partial charge in [0.2, 0.25) is 5.95 Å². The number of imidazole rings is 1. The molecular weight excluding hydrogens is 270 g/mol. The van der Waals surface area contributed by atoms with Gasteiger partial charge in [-0.2, -0.15) is 0 Å². The van der Waals surface area contributed by atoms with E-state index in [9.17, 15) is 0 Å². The second kappa shape index (κ2) is 4.84. The van der Waals surface area contributed by atoms with Gasteiger partial charge in [-0.15, -0.1) is 0 Å². The van der Waals surface area contributed by atoms with Crippen molar-refractivity contribution in [2.24, 2.45) is 0 Å². The van der Waals surface area contributed by atoms with Crippen LogP contribution in [-0.2, 0) is 0 Å². The highest BCUT2D eigenvalue weighted by molar-refractivity contribution is 6.31. The molecule has 3 rings (SSSR count). The lowest BCUT2D eigenvalue weighted by Gasteiger charge is -2.16. The number of hydrogen-bond acceptors (Lipinski definition) is 2. The van der Waals surface area contributed by atoms with E-state index in [2.05, 4.69) is 43.1 Å². The Morgan fingerprint density at radius 1 is 1.15 bits per heavy atom. The Morgan fingerprint density at radius 3 is 2.55 bits per heavy atom. The van der Waals surface area contributed by atoms with Gasteiger partial charge in [0.15, 0.2) is 0 Å². The number of nitrogen functional groups attached to an aromatic ring is 1. The molecule has 2 N–H and O–H groups in total. The number of aromatic nitrogens is 2. The quantitative estimate of drug-likeness (QED) is 0.767. The minimum atomic E-state index is 0.110. The normalized spacial score (nSPS) is 12.8. The molecule has 0 aliphatic rings. The number of anilines is 1. The number of aryl methyl sites for hydroxylation is 1. The van der Waals surface area contributed by atoms with E-state index >= 15 is 0 Å². The smallest absolute Gasteiger partial charge is 0.201 e. The maximum absolute atomic E-state index is 6.09. The molecule has 0 aliphatic heterocycles. The van der Waals surface area contributed by atoms with Gasteiger partial charge in [-0.05, 0) is 37.6 Å². The molecule has 0 amide bonds. The van der Waals surface area contributed by atoms with Crippen molar-refractivity contribution in [3.63, 3.8) is 0 Å².